The number of nitrogens with one attached hydrogen (secondary N) is 1. The third kappa shape index (κ3) is 2.34. The fraction of sp³-hybridized carbons (Fsp3) is 0.136. The molecule has 2 heterocycles. The molecule has 2 aromatic heterocycles. The van der Waals surface area contributed by atoms with Crippen molar-refractivity contribution in [3.05, 3.63) is 72.2 Å². The molecule has 5 rings (SSSR count). The number of carbonyl (C=O) groups excluding carboxylic acids is 1. The normalized spacial score (nSPS) is 13.8. The molecule has 2 aromatic carbocycles. The molecule has 0 bridgehead atoms. The van der Waals surface area contributed by atoms with Crippen LogP contribution in [0.3, 0.4) is 0 Å². The molecule has 1 aliphatic rings. The van der Waals surface area contributed by atoms with Crippen molar-refractivity contribution in [3.8, 4) is 22.5 Å². The molecule has 1 aliphatic carbocycles. The summed E-state index contributed by atoms with van der Waals surface area (Å²) in [6, 6.07) is 16.5. The van der Waals surface area contributed by atoms with Gasteiger partial charge in [-0.3, -0.25) is 4.79 Å². The zero-order valence-corrected chi connectivity index (χ0v) is 14.2. The van der Waals surface area contributed by atoms with Crippen LogP contribution in [0.2, 0.25) is 0 Å². The highest BCUT2D eigenvalue weighted by atomic mass is 16.1. The van der Waals surface area contributed by atoms with E-state index < -0.39 is 0 Å². The van der Waals surface area contributed by atoms with Gasteiger partial charge in [0.1, 0.15) is 0 Å². The van der Waals surface area contributed by atoms with Gasteiger partial charge in [0.15, 0.2) is 11.6 Å². The van der Waals surface area contributed by atoms with Crippen molar-refractivity contribution < 1.29 is 4.79 Å². The molecule has 126 valence electrons. The predicted molar refractivity (Wildman–Crippen MR) is 102 cm³/mol. The maximum absolute atomic E-state index is 12.1. The number of aryl methyl sites for hydroxylation is 1. The summed E-state index contributed by atoms with van der Waals surface area (Å²) >= 11 is 0. The highest BCUT2D eigenvalue weighted by Crippen LogP contribution is 2.35. The summed E-state index contributed by atoms with van der Waals surface area (Å²) in [5.74, 6) is 0.838. The lowest BCUT2D eigenvalue weighted by atomic mass is 9.94. The van der Waals surface area contributed by atoms with E-state index in [9.17, 15) is 4.79 Å². The molecule has 4 heteroatoms. The maximum Gasteiger partial charge on any atom is 0.166 e. The number of fused-ring (bicyclic) bond motifs is 2. The first kappa shape index (κ1) is 15.0. The van der Waals surface area contributed by atoms with Gasteiger partial charge in [0.05, 0.1) is 11.3 Å². The Bertz CT molecular complexity index is 1140. The molecule has 4 nitrogen and oxygen atoms in total. The quantitative estimate of drug-likeness (QED) is 0.570. The standard InChI is InChI=1S/C22H17N3O/c26-21-10-4-9-20-18(21)13-24-22(25-20)17-6-2-1-5-15(17)14-7-3-8-19-16(14)11-12-23-19/h1-3,5-8,11-13,23H,4,9-10H2. The third-order valence-electron chi connectivity index (χ3n) is 5.04. The first-order chi connectivity index (χ1) is 12.8. The second kappa shape index (κ2) is 5.92. The fourth-order valence-corrected chi connectivity index (χ4v) is 3.75. The van der Waals surface area contributed by atoms with Crippen LogP contribution < -0.4 is 0 Å². The number of carbonyl (C=O) groups is 1. The fourth-order valence-electron chi connectivity index (χ4n) is 3.75. The van der Waals surface area contributed by atoms with E-state index in [2.05, 4.69) is 40.3 Å². The number of aromatic nitrogens is 3. The summed E-state index contributed by atoms with van der Waals surface area (Å²) in [7, 11) is 0. The molecule has 0 fully saturated rings. The Morgan fingerprint density at radius 3 is 2.62 bits per heavy atom. The van der Waals surface area contributed by atoms with Gasteiger partial charge in [-0.25, -0.2) is 9.97 Å². The number of ketones is 1. The largest absolute Gasteiger partial charge is 0.361 e. The minimum Gasteiger partial charge on any atom is -0.361 e. The van der Waals surface area contributed by atoms with Gasteiger partial charge in [-0.05, 0) is 36.1 Å². The molecule has 0 saturated carbocycles. The van der Waals surface area contributed by atoms with Crippen LogP contribution in [-0.4, -0.2) is 20.7 Å². The molecule has 0 spiro atoms. The van der Waals surface area contributed by atoms with Crippen LogP contribution in [0.15, 0.2) is 60.9 Å². The van der Waals surface area contributed by atoms with Gasteiger partial charge in [-0.15, -0.1) is 0 Å². The maximum atomic E-state index is 12.1. The zero-order chi connectivity index (χ0) is 17.5. The summed E-state index contributed by atoms with van der Waals surface area (Å²) in [5.41, 5.74) is 5.90. The molecular formula is C22H17N3O. The van der Waals surface area contributed by atoms with Crippen LogP contribution >= 0.6 is 0 Å². The Labute approximate surface area is 150 Å². The van der Waals surface area contributed by atoms with Gasteiger partial charge in [-0.2, -0.15) is 0 Å². The van der Waals surface area contributed by atoms with E-state index in [1.807, 2.05) is 24.4 Å². The minimum absolute atomic E-state index is 0.156. The molecule has 0 saturated heterocycles. The first-order valence-corrected chi connectivity index (χ1v) is 8.86. The summed E-state index contributed by atoms with van der Waals surface area (Å²) in [6.45, 7) is 0. The van der Waals surface area contributed by atoms with Crippen molar-refractivity contribution in [2.75, 3.05) is 0 Å². The van der Waals surface area contributed by atoms with Crippen LogP contribution in [0.25, 0.3) is 33.4 Å². The lowest BCUT2D eigenvalue weighted by molar-refractivity contribution is 0.0971. The highest BCUT2D eigenvalue weighted by Gasteiger charge is 2.20. The van der Waals surface area contributed by atoms with Crippen LogP contribution in [0, 0.1) is 0 Å². The summed E-state index contributed by atoms with van der Waals surface area (Å²) in [6.07, 6.45) is 5.96. The van der Waals surface area contributed by atoms with Crippen molar-refractivity contribution in [1.82, 2.24) is 15.0 Å². The topological polar surface area (TPSA) is 58.6 Å². The van der Waals surface area contributed by atoms with Crippen molar-refractivity contribution in [1.29, 1.82) is 0 Å². The smallest absolute Gasteiger partial charge is 0.166 e. The summed E-state index contributed by atoms with van der Waals surface area (Å²) < 4.78 is 0. The van der Waals surface area contributed by atoms with E-state index in [1.54, 1.807) is 6.20 Å². The Hall–Kier alpha value is -3.27. The van der Waals surface area contributed by atoms with Crippen molar-refractivity contribution in [2.45, 2.75) is 19.3 Å². The van der Waals surface area contributed by atoms with Crippen molar-refractivity contribution in [3.63, 3.8) is 0 Å². The Kier molecular flexibility index (Phi) is 3.42. The molecule has 1 N–H and O–H groups in total. The van der Waals surface area contributed by atoms with Crippen LogP contribution in [-0.2, 0) is 6.42 Å². The van der Waals surface area contributed by atoms with E-state index in [4.69, 9.17) is 4.98 Å². The number of aromatic amines is 1. The Morgan fingerprint density at radius 2 is 1.69 bits per heavy atom. The van der Waals surface area contributed by atoms with E-state index >= 15 is 0 Å². The molecule has 4 aromatic rings. The number of hydrogen-bond donors (Lipinski definition) is 1. The van der Waals surface area contributed by atoms with Gasteiger partial charge in [0, 0.05) is 35.3 Å². The monoisotopic (exact) mass is 339 g/mol. The van der Waals surface area contributed by atoms with Gasteiger partial charge in [0.2, 0.25) is 0 Å². The number of rotatable bonds is 2. The highest BCUT2D eigenvalue weighted by molar-refractivity contribution is 5.99. The van der Waals surface area contributed by atoms with Crippen molar-refractivity contribution in [2.24, 2.45) is 0 Å². The van der Waals surface area contributed by atoms with Gasteiger partial charge in [-0.1, -0.05) is 36.4 Å². The predicted octanol–water partition coefficient (Wildman–Crippen LogP) is 4.81. The third-order valence-corrected chi connectivity index (χ3v) is 5.04. The molecule has 26 heavy (non-hydrogen) atoms. The zero-order valence-electron chi connectivity index (χ0n) is 14.2. The second-order valence-corrected chi connectivity index (χ2v) is 6.62. The number of Topliss-reactive ketones (excluding diaryl/α,β-unsaturated/α-hetero) is 1. The number of hydrogen-bond acceptors (Lipinski definition) is 3. The number of H-pyrrole nitrogens is 1. The summed E-state index contributed by atoms with van der Waals surface area (Å²) in [5, 5.41) is 1.17. The average Bonchev–Trinajstić information content (AvgIpc) is 3.17. The second-order valence-electron chi connectivity index (χ2n) is 6.62. The molecule has 0 amide bonds. The van der Waals surface area contributed by atoms with E-state index in [-0.39, 0.29) is 5.78 Å². The number of benzene rings is 2. The van der Waals surface area contributed by atoms with Crippen molar-refractivity contribution >= 4 is 16.7 Å². The Balaban J connectivity index is 1.70. The molecule has 0 atom stereocenters. The van der Waals surface area contributed by atoms with Crippen LogP contribution in [0.4, 0.5) is 0 Å². The van der Waals surface area contributed by atoms with Crippen LogP contribution in [0.5, 0.6) is 0 Å². The van der Waals surface area contributed by atoms with E-state index in [0.717, 1.165) is 40.7 Å². The lowest BCUT2D eigenvalue weighted by Crippen LogP contribution is -2.13. The average molecular weight is 339 g/mol. The van der Waals surface area contributed by atoms with Gasteiger partial charge in [0.25, 0.3) is 0 Å². The molecule has 0 radical (unpaired) electrons. The molecule has 0 aliphatic heterocycles. The first-order valence-electron chi connectivity index (χ1n) is 8.86. The van der Waals surface area contributed by atoms with Gasteiger partial charge < -0.3 is 4.98 Å². The van der Waals surface area contributed by atoms with E-state index in [0.29, 0.717) is 17.8 Å². The molecule has 0 unspecified atom stereocenters. The van der Waals surface area contributed by atoms with E-state index in [1.165, 1.54) is 5.39 Å². The number of nitrogens with zero attached hydrogens (tertiary/aromatic N) is 2. The lowest BCUT2D eigenvalue weighted by Gasteiger charge is -2.15. The van der Waals surface area contributed by atoms with Gasteiger partial charge >= 0.3 is 0 Å². The summed E-state index contributed by atoms with van der Waals surface area (Å²) in [4.78, 5) is 24.6. The molecular weight excluding hydrogens is 322 g/mol. The SMILES string of the molecule is O=C1CCCc2nc(-c3ccccc3-c3cccc4[nH]ccc34)ncc21. The minimum atomic E-state index is 0.156. The van der Waals surface area contributed by atoms with Crippen LogP contribution in [0.1, 0.15) is 28.9 Å². The Morgan fingerprint density at radius 1 is 0.846 bits per heavy atom.